The Bertz CT molecular complexity index is 1350. The molecular weight excluding hydrogens is 431 g/mol. The topological polar surface area (TPSA) is 88.8 Å². The third-order valence-corrected chi connectivity index (χ3v) is 7.79. The van der Waals surface area contributed by atoms with E-state index < -0.39 is 23.2 Å². The fourth-order valence-corrected chi connectivity index (χ4v) is 6.10. The number of aromatic amines is 1. The van der Waals surface area contributed by atoms with E-state index in [0.717, 1.165) is 11.1 Å². The van der Waals surface area contributed by atoms with Crippen molar-refractivity contribution in [3.8, 4) is 0 Å². The molecule has 8 heteroatoms. The van der Waals surface area contributed by atoms with E-state index in [4.69, 9.17) is 5.73 Å². The van der Waals surface area contributed by atoms with E-state index in [1.807, 2.05) is 6.92 Å². The third-order valence-electron chi connectivity index (χ3n) is 7.79. The molecule has 3 aromatic rings. The predicted octanol–water partition coefficient (Wildman–Crippen LogP) is 4.71. The minimum absolute atomic E-state index is 0.0858. The molecule has 2 aliphatic rings. The van der Waals surface area contributed by atoms with E-state index >= 15 is 0 Å². The fourth-order valence-electron chi connectivity index (χ4n) is 6.10. The molecule has 2 heterocycles. The Kier molecular flexibility index (Phi) is 4.88. The molecule has 2 aromatic heterocycles. The molecule has 0 radical (unpaired) electrons. The Labute approximate surface area is 188 Å². The summed E-state index contributed by atoms with van der Waals surface area (Å²) in [6, 6.07) is 6.03. The van der Waals surface area contributed by atoms with Crippen LogP contribution in [0.1, 0.15) is 64.0 Å². The second-order valence-corrected chi connectivity index (χ2v) is 9.36. The van der Waals surface area contributed by atoms with Crippen molar-refractivity contribution in [1.82, 2.24) is 9.97 Å². The van der Waals surface area contributed by atoms with Crippen molar-refractivity contribution in [2.45, 2.75) is 50.9 Å². The minimum atomic E-state index is -2.78. The first-order valence-corrected chi connectivity index (χ1v) is 11.1. The van der Waals surface area contributed by atoms with E-state index in [0.29, 0.717) is 23.2 Å². The zero-order valence-electron chi connectivity index (χ0n) is 18.3. The Morgan fingerprint density at radius 2 is 1.97 bits per heavy atom. The van der Waals surface area contributed by atoms with Crippen LogP contribution in [0.15, 0.2) is 35.3 Å². The maximum absolute atomic E-state index is 14.8. The number of benzene rings is 1. The summed E-state index contributed by atoms with van der Waals surface area (Å²) in [4.78, 5) is 31.9. The van der Waals surface area contributed by atoms with E-state index in [1.165, 1.54) is 18.3 Å². The molecule has 0 aliphatic heterocycles. The zero-order chi connectivity index (χ0) is 23.7. The van der Waals surface area contributed by atoms with Crippen molar-refractivity contribution >= 4 is 16.8 Å². The maximum Gasteiger partial charge on any atom is 0.268 e. The number of hydrogen-bond donors (Lipinski definition) is 2. The van der Waals surface area contributed by atoms with Gasteiger partial charge >= 0.3 is 0 Å². The number of hydrogen-bond acceptors (Lipinski definition) is 3. The van der Waals surface area contributed by atoms with Crippen molar-refractivity contribution in [3.63, 3.8) is 0 Å². The lowest BCUT2D eigenvalue weighted by atomic mass is 9.78. The average Bonchev–Trinajstić information content (AvgIpc) is 3.29. The predicted molar refractivity (Wildman–Crippen MR) is 118 cm³/mol. The summed E-state index contributed by atoms with van der Waals surface area (Å²) in [5.41, 5.74) is 7.83. The average molecular weight is 455 g/mol. The van der Waals surface area contributed by atoms with Gasteiger partial charge in [0.05, 0.1) is 10.9 Å². The quantitative estimate of drug-likeness (QED) is 0.600. The first-order chi connectivity index (χ1) is 15.6. The van der Waals surface area contributed by atoms with Crippen LogP contribution < -0.4 is 11.2 Å². The van der Waals surface area contributed by atoms with Crippen molar-refractivity contribution in [2.75, 3.05) is 0 Å². The van der Waals surface area contributed by atoms with E-state index in [1.54, 1.807) is 19.1 Å². The van der Waals surface area contributed by atoms with Crippen molar-refractivity contribution in [2.24, 2.45) is 17.6 Å². The number of pyridine rings is 2. The van der Waals surface area contributed by atoms with Crippen LogP contribution in [0.5, 0.6) is 0 Å². The summed E-state index contributed by atoms with van der Waals surface area (Å²) in [6.07, 6.45) is 1.81. The van der Waals surface area contributed by atoms with Gasteiger partial charge in [-0.05, 0) is 67.3 Å². The van der Waals surface area contributed by atoms with Crippen LogP contribution >= 0.6 is 0 Å². The number of fused-ring (bicyclic) bond motifs is 2. The summed E-state index contributed by atoms with van der Waals surface area (Å²) in [7, 11) is 0. The SMILES string of the molecule is Cc1c(F)ccc([C@H]2C(c3cc(=O)c4c(C(N)=O)nccc4[nH]3)CC3C2CCC3(F)F)c1C. The lowest BCUT2D eigenvalue weighted by Gasteiger charge is -2.27. The van der Waals surface area contributed by atoms with Gasteiger partial charge in [0.25, 0.3) is 11.8 Å². The Morgan fingerprint density at radius 3 is 2.70 bits per heavy atom. The van der Waals surface area contributed by atoms with Crippen LogP contribution in [0.4, 0.5) is 13.2 Å². The van der Waals surface area contributed by atoms with Gasteiger partial charge in [0.2, 0.25) is 0 Å². The molecule has 5 nitrogen and oxygen atoms in total. The first kappa shape index (κ1) is 21.7. The second kappa shape index (κ2) is 7.43. The van der Waals surface area contributed by atoms with Crippen LogP contribution in [-0.2, 0) is 0 Å². The van der Waals surface area contributed by atoms with E-state index in [2.05, 4.69) is 9.97 Å². The van der Waals surface area contributed by atoms with Crippen molar-refractivity contribution < 1.29 is 18.0 Å². The monoisotopic (exact) mass is 455 g/mol. The highest BCUT2D eigenvalue weighted by Crippen LogP contribution is 2.63. The molecule has 3 N–H and O–H groups in total. The highest BCUT2D eigenvalue weighted by molar-refractivity contribution is 6.03. The van der Waals surface area contributed by atoms with Gasteiger partial charge in [-0.15, -0.1) is 0 Å². The number of primary amides is 1. The normalized spacial score (nSPS) is 26.0. The highest BCUT2D eigenvalue weighted by atomic mass is 19.3. The number of nitrogens with zero attached hydrogens (tertiary/aromatic N) is 1. The Hall–Kier alpha value is -3.16. The number of alkyl halides is 2. The standard InChI is InChI=1S/C25H24F3N3O2/c1-11-12(2)17(26)4-3-13(11)21-14-5-7-25(27,28)16(14)9-15(21)19-10-20(32)22-18(31-19)6-8-30-23(22)24(29)33/h3-4,6,8,10,14-16,21H,5,7,9H2,1-2H3,(H2,29,33)(H,31,32)/t14?,15?,16?,21-/m1/s1. The van der Waals surface area contributed by atoms with Gasteiger partial charge in [0, 0.05) is 36.2 Å². The first-order valence-electron chi connectivity index (χ1n) is 11.1. The summed E-state index contributed by atoms with van der Waals surface area (Å²) < 4.78 is 43.8. The van der Waals surface area contributed by atoms with Crippen LogP contribution in [0.2, 0.25) is 0 Å². The molecule has 5 rings (SSSR count). The number of aromatic nitrogens is 2. The van der Waals surface area contributed by atoms with Gasteiger partial charge < -0.3 is 10.7 Å². The number of nitrogens with one attached hydrogen (secondary N) is 1. The third kappa shape index (κ3) is 3.26. The van der Waals surface area contributed by atoms with Gasteiger partial charge in [-0.1, -0.05) is 6.07 Å². The summed E-state index contributed by atoms with van der Waals surface area (Å²) >= 11 is 0. The highest BCUT2D eigenvalue weighted by Gasteiger charge is 2.59. The molecule has 0 spiro atoms. The molecule has 1 aromatic carbocycles. The van der Waals surface area contributed by atoms with E-state index in [-0.39, 0.29) is 47.5 Å². The number of amides is 1. The molecule has 0 bridgehead atoms. The number of carbonyl (C=O) groups is 1. The van der Waals surface area contributed by atoms with Crippen molar-refractivity contribution in [1.29, 1.82) is 0 Å². The van der Waals surface area contributed by atoms with Gasteiger partial charge in [-0.2, -0.15) is 0 Å². The molecule has 1 amide bonds. The minimum Gasteiger partial charge on any atom is -0.364 e. The van der Waals surface area contributed by atoms with Crippen LogP contribution in [0, 0.1) is 31.5 Å². The molecule has 2 fully saturated rings. The van der Waals surface area contributed by atoms with Gasteiger partial charge in [-0.3, -0.25) is 14.6 Å². The van der Waals surface area contributed by atoms with Crippen molar-refractivity contribution in [3.05, 3.63) is 74.6 Å². The van der Waals surface area contributed by atoms with Crippen LogP contribution in [-0.4, -0.2) is 21.8 Å². The molecule has 2 saturated carbocycles. The number of nitrogens with two attached hydrogens (primary N) is 1. The number of rotatable bonds is 3. The number of halogens is 3. The lowest BCUT2D eigenvalue weighted by molar-refractivity contribution is -0.0415. The summed E-state index contributed by atoms with van der Waals surface area (Å²) in [5.74, 6) is -5.67. The number of H-pyrrole nitrogens is 1. The molecule has 0 saturated heterocycles. The van der Waals surface area contributed by atoms with Gasteiger partial charge in [0.15, 0.2) is 5.43 Å². The van der Waals surface area contributed by atoms with Crippen LogP contribution in [0.3, 0.4) is 0 Å². The fraction of sp³-hybridized carbons (Fsp3) is 0.400. The molecule has 2 aliphatic carbocycles. The smallest absolute Gasteiger partial charge is 0.268 e. The number of carbonyl (C=O) groups excluding carboxylic acids is 1. The van der Waals surface area contributed by atoms with Crippen LogP contribution in [0.25, 0.3) is 10.9 Å². The summed E-state index contributed by atoms with van der Waals surface area (Å²) in [6.45, 7) is 3.51. The molecule has 172 valence electrons. The Balaban J connectivity index is 1.69. The zero-order valence-corrected chi connectivity index (χ0v) is 18.3. The molecule has 3 unspecified atom stereocenters. The largest absolute Gasteiger partial charge is 0.364 e. The summed E-state index contributed by atoms with van der Waals surface area (Å²) in [5, 5.41) is 0.0858. The molecule has 33 heavy (non-hydrogen) atoms. The van der Waals surface area contributed by atoms with Gasteiger partial charge in [-0.25, -0.2) is 13.2 Å². The van der Waals surface area contributed by atoms with Gasteiger partial charge in [0.1, 0.15) is 11.5 Å². The Morgan fingerprint density at radius 1 is 1.21 bits per heavy atom. The molecule has 4 atom stereocenters. The van der Waals surface area contributed by atoms with E-state index in [9.17, 15) is 22.8 Å². The molecular formula is C25H24F3N3O2. The lowest BCUT2D eigenvalue weighted by Crippen LogP contribution is -2.23. The second-order valence-electron chi connectivity index (χ2n) is 9.36. The maximum atomic E-state index is 14.8.